The normalized spacial score (nSPS) is 14.7. The number of amides is 1. The predicted octanol–water partition coefficient (Wildman–Crippen LogP) is 5.07. The molecule has 0 unspecified atom stereocenters. The number of carbonyl (C=O) groups is 2. The monoisotopic (exact) mass is 489 g/mol. The molecule has 3 aromatic rings. The molecule has 2 heterocycles. The van der Waals surface area contributed by atoms with E-state index in [-0.39, 0.29) is 30.3 Å². The minimum absolute atomic E-state index is 0.0648. The number of pyridine rings is 1. The van der Waals surface area contributed by atoms with Crippen molar-refractivity contribution < 1.29 is 27.2 Å². The smallest absolute Gasteiger partial charge is 0.310 e. The van der Waals surface area contributed by atoms with E-state index < -0.39 is 41.1 Å². The summed E-state index contributed by atoms with van der Waals surface area (Å²) in [6.07, 6.45) is -4.12. The summed E-state index contributed by atoms with van der Waals surface area (Å²) in [5.74, 6) is -2.07. The summed E-state index contributed by atoms with van der Waals surface area (Å²) in [7, 11) is 0. The van der Waals surface area contributed by atoms with Crippen molar-refractivity contribution in [1.29, 1.82) is 0 Å². The van der Waals surface area contributed by atoms with E-state index in [1.807, 2.05) is 13.8 Å². The van der Waals surface area contributed by atoms with Crippen LogP contribution in [0.2, 0.25) is 0 Å². The average molecular weight is 489 g/mol. The van der Waals surface area contributed by atoms with Crippen LogP contribution >= 0.6 is 0 Å². The minimum atomic E-state index is -4.63. The molecule has 0 spiro atoms. The number of anilines is 1. The molecule has 1 amide bonds. The number of halogens is 4. The van der Waals surface area contributed by atoms with Gasteiger partial charge in [0.05, 0.1) is 5.56 Å². The Morgan fingerprint density at radius 1 is 1.20 bits per heavy atom. The number of benzene rings is 1. The highest BCUT2D eigenvalue weighted by Gasteiger charge is 2.67. The predicted molar refractivity (Wildman–Crippen MR) is 119 cm³/mol. The summed E-state index contributed by atoms with van der Waals surface area (Å²) in [6, 6.07) is 7.06. The Morgan fingerprint density at radius 3 is 2.54 bits per heavy atom. The Kier molecular flexibility index (Phi) is 6.20. The van der Waals surface area contributed by atoms with Crippen molar-refractivity contribution >= 4 is 17.5 Å². The summed E-state index contributed by atoms with van der Waals surface area (Å²) in [6.45, 7) is 5.37. The Hall–Kier alpha value is -3.63. The van der Waals surface area contributed by atoms with Gasteiger partial charge in [0.15, 0.2) is 11.6 Å². The van der Waals surface area contributed by atoms with Gasteiger partial charge in [-0.1, -0.05) is 6.07 Å². The molecule has 2 aromatic heterocycles. The van der Waals surface area contributed by atoms with Crippen molar-refractivity contribution in [3.05, 3.63) is 59.2 Å². The highest BCUT2D eigenvalue weighted by atomic mass is 19.4. The lowest BCUT2D eigenvalue weighted by molar-refractivity contribution is -0.190. The number of aryl methyl sites for hydroxylation is 1. The number of ketones is 1. The van der Waals surface area contributed by atoms with Crippen molar-refractivity contribution in [2.24, 2.45) is 5.41 Å². The molecule has 1 fully saturated rings. The van der Waals surface area contributed by atoms with E-state index in [9.17, 15) is 27.2 Å². The standard InChI is InChI=1S/C24H23F4N5O2/c1-13(2)33-12-29-32-21(33)18-5-4-6-20(30-18)31-22(35)16-10-15(14(3)9-17(16)25)11-19(34)23(7-8-23)24(26,27)28/h4-6,9-10,12-13H,7-8,11H2,1-3H3,(H,30,31,35). The number of hydrogen-bond donors (Lipinski definition) is 1. The van der Waals surface area contributed by atoms with Gasteiger partial charge in [0.25, 0.3) is 5.91 Å². The lowest BCUT2D eigenvalue weighted by atomic mass is 9.91. The average Bonchev–Trinajstić information content (AvgIpc) is 3.46. The first-order chi connectivity index (χ1) is 16.4. The van der Waals surface area contributed by atoms with Gasteiger partial charge in [-0.3, -0.25) is 9.59 Å². The van der Waals surface area contributed by atoms with Gasteiger partial charge in [-0.05, 0) is 69.0 Å². The second-order valence-corrected chi connectivity index (χ2v) is 8.96. The maximum Gasteiger partial charge on any atom is 0.401 e. The topological polar surface area (TPSA) is 89.8 Å². The number of aromatic nitrogens is 4. The van der Waals surface area contributed by atoms with Gasteiger partial charge in [0.1, 0.15) is 29.1 Å². The Balaban J connectivity index is 1.57. The lowest BCUT2D eigenvalue weighted by Gasteiger charge is -2.18. The molecule has 7 nitrogen and oxygen atoms in total. The second-order valence-electron chi connectivity index (χ2n) is 8.96. The molecule has 0 saturated heterocycles. The van der Waals surface area contributed by atoms with Crippen LogP contribution < -0.4 is 5.32 Å². The zero-order valence-electron chi connectivity index (χ0n) is 19.3. The number of Topliss-reactive ketones (excluding diaryl/α,β-unsaturated/α-hetero) is 1. The van der Waals surface area contributed by atoms with Crippen molar-refractivity contribution in [2.45, 2.75) is 52.3 Å². The third kappa shape index (κ3) is 4.67. The number of rotatable bonds is 7. The highest BCUT2D eigenvalue weighted by molar-refractivity contribution is 6.04. The molecule has 4 rings (SSSR count). The van der Waals surface area contributed by atoms with Crippen molar-refractivity contribution in [2.75, 3.05) is 5.32 Å². The van der Waals surface area contributed by atoms with Crippen LogP contribution in [0, 0.1) is 18.2 Å². The van der Waals surface area contributed by atoms with Gasteiger partial charge in [-0.25, -0.2) is 9.37 Å². The van der Waals surface area contributed by atoms with Crippen LogP contribution in [0.4, 0.5) is 23.4 Å². The first-order valence-electron chi connectivity index (χ1n) is 11.0. The Bertz CT molecular complexity index is 1300. The van der Waals surface area contributed by atoms with Crippen LogP contribution in [0.5, 0.6) is 0 Å². The van der Waals surface area contributed by atoms with Crippen molar-refractivity contribution in [3.8, 4) is 11.5 Å². The Morgan fingerprint density at radius 2 is 1.91 bits per heavy atom. The van der Waals surface area contributed by atoms with E-state index in [1.54, 1.807) is 23.0 Å². The molecule has 0 aliphatic heterocycles. The van der Waals surface area contributed by atoms with Crippen LogP contribution in [0.1, 0.15) is 54.2 Å². The second kappa shape index (κ2) is 8.86. The molecule has 0 atom stereocenters. The molecule has 35 heavy (non-hydrogen) atoms. The molecule has 1 aliphatic rings. The van der Waals surface area contributed by atoms with Crippen LogP contribution in [-0.4, -0.2) is 37.6 Å². The SMILES string of the molecule is Cc1cc(F)c(C(=O)Nc2cccc(-c3nncn3C(C)C)n2)cc1CC(=O)C1(C(F)(F)F)CC1. The third-order valence-electron chi connectivity index (χ3n) is 6.20. The van der Waals surface area contributed by atoms with Gasteiger partial charge in [-0.2, -0.15) is 13.2 Å². The molecule has 0 bridgehead atoms. The molecule has 0 radical (unpaired) electrons. The minimum Gasteiger partial charge on any atom is -0.310 e. The van der Waals surface area contributed by atoms with Crippen LogP contribution in [0.3, 0.4) is 0 Å². The molecule has 1 aromatic carbocycles. The van der Waals surface area contributed by atoms with E-state index in [4.69, 9.17) is 0 Å². The zero-order valence-corrected chi connectivity index (χ0v) is 19.3. The molecule has 1 aliphatic carbocycles. The van der Waals surface area contributed by atoms with E-state index in [0.29, 0.717) is 17.1 Å². The number of carbonyl (C=O) groups excluding carboxylic acids is 2. The summed E-state index contributed by atoms with van der Waals surface area (Å²) in [5.41, 5.74) is -1.83. The maximum absolute atomic E-state index is 14.6. The van der Waals surface area contributed by atoms with Gasteiger partial charge < -0.3 is 9.88 Å². The van der Waals surface area contributed by atoms with Gasteiger partial charge in [0, 0.05) is 12.5 Å². The van der Waals surface area contributed by atoms with E-state index in [2.05, 4.69) is 20.5 Å². The largest absolute Gasteiger partial charge is 0.401 e. The van der Waals surface area contributed by atoms with Gasteiger partial charge in [-0.15, -0.1) is 10.2 Å². The number of nitrogens with one attached hydrogen (secondary N) is 1. The maximum atomic E-state index is 14.6. The summed E-state index contributed by atoms with van der Waals surface area (Å²) in [4.78, 5) is 29.6. The summed E-state index contributed by atoms with van der Waals surface area (Å²) < 4.78 is 56.3. The van der Waals surface area contributed by atoms with E-state index in [0.717, 1.165) is 12.1 Å². The van der Waals surface area contributed by atoms with Crippen LogP contribution in [0.15, 0.2) is 36.7 Å². The first-order valence-corrected chi connectivity index (χ1v) is 11.0. The van der Waals surface area contributed by atoms with Crippen LogP contribution in [-0.2, 0) is 11.2 Å². The van der Waals surface area contributed by atoms with E-state index >= 15 is 0 Å². The lowest BCUT2D eigenvalue weighted by Crippen LogP contribution is -2.34. The van der Waals surface area contributed by atoms with Crippen molar-refractivity contribution in [1.82, 2.24) is 19.7 Å². The molecular weight excluding hydrogens is 466 g/mol. The molecule has 184 valence electrons. The molecular formula is C24H23F4N5O2. The Labute approximate surface area is 198 Å². The fraction of sp³-hybridized carbons (Fsp3) is 0.375. The number of alkyl halides is 3. The van der Waals surface area contributed by atoms with Gasteiger partial charge >= 0.3 is 6.18 Å². The quantitative estimate of drug-likeness (QED) is 0.468. The fourth-order valence-electron chi connectivity index (χ4n) is 3.89. The molecule has 11 heteroatoms. The molecule has 1 saturated carbocycles. The highest BCUT2D eigenvalue weighted by Crippen LogP contribution is 2.58. The van der Waals surface area contributed by atoms with Crippen LogP contribution in [0.25, 0.3) is 11.5 Å². The van der Waals surface area contributed by atoms with Gasteiger partial charge in [0.2, 0.25) is 0 Å². The summed E-state index contributed by atoms with van der Waals surface area (Å²) in [5, 5.41) is 10.4. The summed E-state index contributed by atoms with van der Waals surface area (Å²) >= 11 is 0. The first kappa shape index (κ1) is 24.5. The number of nitrogens with zero attached hydrogens (tertiary/aromatic N) is 4. The number of hydrogen-bond acceptors (Lipinski definition) is 5. The van der Waals surface area contributed by atoms with E-state index in [1.165, 1.54) is 13.0 Å². The molecule has 1 N–H and O–H groups in total. The zero-order chi connectivity index (χ0) is 25.5. The third-order valence-corrected chi connectivity index (χ3v) is 6.20. The van der Waals surface area contributed by atoms with Crippen molar-refractivity contribution in [3.63, 3.8) is 0 Å². The fourth-order valence-corrected chi connectivity index (χ4v) is 3.89.